The van der Waals surface area contributed by atoms with Crippen molar-refractivity contribution in [3.8, 4) is 0 Å². The van der Waals surface area contributed by atoms with Crippen LogP contribution in [-0.4, -0.2) is 30.7 Å². The first-order chi connectivity index (χ1) is 15.1. The second-order valence-electron chi connectivity index (χ2n) is 7.95. The first kappa shape index (κ1) is 22.1. The van der Waals surface area contributed by atoms with Crippen LogP contribution < -0.4 is 5.32 Å². The summed E-state index contributed by atoms with van der Waals surface area (Å²) in [5.74, 6) is -7.14. The summed E-state index contributed by atoms with van der Waals surface area (Å²) in [5, 5.41) is 10.5. The fraction of sp³-hybridized carbons (Fsp3) is 0.273. The third kappa shape index (κ3) is 3.90. The predicted molar refractivity (Wildman–Crippen MR) is 108 cm³/mol. The smallest absolute Gasteiger partial charge is 0.328 e. The van der Waals surface area contributed by atoms with E-state index in [1.165, 1.54) is 24.3 Å². The maximum absolute atomic E-state index is 13.4. The Morgan fingerprint density at radius 3 is 2.41 bits per heavy atom. The summed E-state index contributed by atoms with van der Waals surface area (Å²) in [6, 6.07) is 6.45. The van der Waals surface area contributed by atoms with Crippen LogP contribution >= 0.6 is 0 Å². The molecular weight excluding hydrogens is 447 g/mol. The molecule has 2 aromatic rings. The fourth-order valence-electron chi connectivity index (χ4n) is 4.72. The average molecular weight is 465 g/mol. The average Bonchev–Trinajstić information content (AvgIpc) is 3.30. The summed E-state index contributed by atoms with van der Waals surface area (Å²) < 4.78 is 66.6. The van der Waals surface area contributed by atoms with Gasteiger partial charge in [-0.3, -0.25) is 4.79 Å². The van der Waals surface area contributed by atoms with E-state index in [9.17, 15) is 31.2 Å². The number of fused-ring (bicyclic) bond motifs is 2. The van der Waals surface area contributed by atoms with E-state index in [0.29, 0.717) is 37.0 Å². The van der Waals surface area contributed by atoms with E-state index in [1.54, 1.807) is 0 Å². The number of aliphatic carboxylic acids is 1. The van der Waals surface area contributed by atoms with E-state index in [0.717, 1.165) is 6.08 Å². The number of carbonyl (C=O) groups excluding carboxylic acids is 1. The first-order valence-electron chi connectivity index (χ1n) is 9.81. The Kier molecular flexibility index (Phi) is 5.58. The van der Waals surface area contributed by atoms with E-state index in [1.807, 2.05) is 0 Å². The highest BCUT2D eigenvalue weighted by Crippen LogP contribution is 2.52. The molecule has 2 aliphatic rings. The number of amides is 1. The zero-order valence-corrected chi connectivity index (χ0v) is 17.3. The highest BCUT2D eigenvalue weighted by molar-refractivity contribution is 7.92. The number of carboxylic acid groups (broad SMARTS) is 1. The van der Waals surface area contributed by atoms with E-state index in [2.05, 4.69) is 5.32 Å². The third-order valence-electron chi connectivity index (χ3n) is 6.02. The Hall–Kier alpha value is -3.14. The van der Waals surface area contributed by atoms with Crippen molar-refractivity contribution in [3.63, 3.8) is 0 Å². The number of sulfone groups is 1. The summed E-state index contributed by atoms with van der Waals surface area (Å²) in [4.78, 5) is 23.5. The van der Waals surface area contributed by atoms with Crippen LogP contribution in [0, 0.1) is 29.3 Å². The summed E-state index contributed by atoms with van der Waals surface area (Å²) in [7, 11) is -3.87. The molecule has 2 bridgehead atoms. The van der Waals surface area contributed by atoms with Crippen LogP contribution in [0.4, 0.5) is 18.9 Å². The van der Waals surface area contributed by atoms with Gasteiger partial charge >= 0.3 is 5.97 Å². The number of anilines is 1. The molecule has 6 nitrogen and oxygen atoms in total. The van der Waals surface area contributed by atoms with Crippen molar-refractivity contribution in [2.24, 2.45) is 11.8 Å². The van der Waals surface area contributed by atoms with E-state index in [-0.39, 0.29) is 28.0 Å². The Labute approximate surface area is 181 Å². The Bertz CT molecular complexity index is 1230. The largest absolute Gasteiger partial charge is 0.478 e. The molecule has 0 spiro atoms. The quantitative estimate of drug-likeness (QED) is 0.515. The maximum Gasteiger partial charge on any atom is 0.328 e. The molecule has 0 radical (unpaired) electrons. The SMILES string of the molecule is O=C(O)/C=C1\C[C@@H]2CCC1[C@@H]2S(=O)(=O)c1cccc(C(=O)Nc2cc(F)c(F)c(F)c2)c1. The summed E-state index contributed by atoms with van der Waals surface area (Å²) in [5.41, 5.74) is 0.219. The van der Waals surface area contributed by atoms with Crippen LogP contribution in [0.3, 0.4) is 0 Å². The standard InChI is InChI=1S/C22H18F3NO5S/c23-17-9-14(10-18(24)20(17)25)26-22(29)12-2-1-3-15(7-12)32(30,31)21-11-4-5-16(21)13(6-11)8-19(27)28/h1-3,7-11,16,21H,4-6H2,(H,26,29)(H,27,28)/b13-8+/t11-,16?,21+/m0/s1. The van der Waals surface area contributed by atoms with Gasteiger partial charge in [-0.25, -0.2) is 26.4 Å². The minimum Gasteiger partial charge on any atom is -0.478 e. The van der Waals surface area contributed by atoms with Gasteiger partial charge < -0.3 is 10.4 Å². The molecule has 2 aliphatic carbocycles. The van der Waals surface area contributed by atoms with Crippen molar-refractivity contribution in [1.29, 1.82) is 0 Å². The van der Waals surface area contributed by atoms with Crippen molar-refractivity contribution in [1.82, 2.24) is 0 Å². The molecule has 0 heterocycles. The van der Waals surface area contributed by atoms with Gasteiger partial charge in [-0.1, -0.05) is 11.6 Å². The lowest BCUT2D eigenvalue weighted by Gasteiger charge is -2.17. The minimum absolute atomic E-state index is 0.0668. The molecule has 4 rings (SSSR count). The van der Waals surface area contributed by atoms with Gasteiger partial charge in [0.2, 0.25) is 0 Å². The fourth-order valence-corrected chi connectivity index (χ4v) is 7.07. The first-order valence-corrected chi connectivity index (χ1v) is 11.4. The van der Waals surface area contributed by atoms with Gasteiger partial charge in [0.25, 0.3) is 5.91 Å². The van der Waals surface area contributed by atoms with Crippen molar-refractivity contribution in [3.05, 3.63) is 71.1 Å². The number of carboxylic acids is 1. The molecule has 3 atom stereocenters. The third-order valence-corrected chi connectivity index (χ3v) is 8.36. The number of hydrogen-bond acceptors (Lipinski definition) is 4. The molecule has 10 heteroatoms. The lowest BCUT2D eigenvalue weighted by atomic mass is 9.95. The Morgan fingerprint density at radius 2 is 1.75 bits per heavy atom. The number of nitrogens with one attached hydrogen (secondary N) is 1. The van der Waals surface area contributed by atoms with Gasteiger partial charge in [0.05, 0.1) is 10.1 Å². The van der Waals surface area contributed by atoms with Crippen LogP contribution in [-0.2, 0) is 14.6 Å². The van der Waals surface area contributed by atoms with Gasteiger partial charge in [0, 0.05) is 29.5 Å². The highest BCUT2D eigenvalue weighted by atomic mass is 32.2. The van der Waals surface area contributed by atoms with Crippen LogP contribution in [0.25, 0.3) is 0 Å². The van der Waals surface area contributed by atoms with Crippen LogP contribution in [0.15, 0.2) is 52.9 Å². The van der Waals surface area contributed by atoms with Crippen molar-refractivity contribution < 1.29 is 36.3 Å². The van der Waals surface area contributed by atoms with Crippen molar-refractivity contribution in [2.75, 3.05) is 5.32 Å². The second kappa shape index (κ2) is 8.09. The second-order valence-corrected chi connectivity index (χ2v) is 10.1. The van der Waals surface area contributed by atoms with Crippen molar-refractivity contribution in [2.45, 2.75) is 29.4 Å². The number of rotatable bonds is 5. The van der Waals surface area contributed by atoms with Crippen LogP contribution in [0.2, 0.25) is 0 Å². The summed E-state index contributed by atoms with van der Waals surface area (Å²) in [6.45, 7) is 0. The molecule has 0 saturated heterocycles. The molecule has 2 fully saturated rings. The number of hydrogen-bond donors (Lipinski definition) is 2. The maximum atomic E-state index is 13.4. The summed E-state index contributed by atoms with van der Waals surface area (Å²) in [6.07, 6.45) is 2.74. The minimum atomic E-state index is -3.87. The van der Waals surface area contributed by atoms with Gasteiger partial charge in [0.15, 0.2) is 27.3 Å². The number of allylic oxidation sites excluding steroid dienone is 1. The number of benzene rings is 2. The Morgan fingerprint density at radius 1 is 1.06 bits per heavy atom. The van der Waals surface area contributed by atoms with E-state index < -0.39 is 44.4 Å². The molecule has 0 aromatic heterocycles. The zero-order valence-electron chi connectivity index (χ0n) is 16.5. The lowest BCUT2D eigenvalue weighted by molar-refractivity contribution is -0.131. The molecule has 2 aromatic carbocycles. The predicted octanol–water partition coefficient (Wildman–Crippen LogP) is 3.94. The molecule has 168 valence electrons. The van der Waals surface area contributed by atoms with Crippen LogP contribution in [0.1, 0.15) is 29.6 Å². The zero-order chi connectivity index (χ0) is 23.2. The molecule has 0 aliphatic heterocycles. The number of carbonyl (C=O) groups is 2. The number of halogens is 3. The molecule has 2 saturated carbocycles. The summed E-state index contributed by atoms with van der Waals surface area (Å²) >= 11 is 0. The van der Waals surface area contributed by atoms with Crippen LogP contribution in [0.5, 0.6) is 0 Å². The van der Waals surface area contributed by atoms with Gasteiger partial charge in [-0.15, -0.1) is 0 Å². The highest BCUT2D eigenvalue weighted by Gasteiger charge is 2.51. The topological polar surface area (TPSA) is 101 Å². The molecule has 32 heavy (non-hydrogen) atoms. The molecule has 2 N–H and O–H groups in total. The Balaban J connectivity index is 1.60. The van der Waals surface area contributed by atoms with Gasteiger partial charge in [-0.05, 0) is 49.3 Å². The normalized spacial score (nSPS) is 23.5. The van der Waals surface area contributed by atoms with Crippen molar-refractivity contribution >= 4 is 27.4 Å². The molecule has 1 amide bonds. The van der Waals surface area contributed by atoms with Gasteiger partial charge in [0.1, 0.15) is 0 Å². The molecular formula is C22H18F3NO5S. The lowest BCUT2D eigenvalue weighted by Crippen LogP contribution is -2.26. The van der Waals surface area contributed by atoms with Gasteiger partial charge in [-0.2, -0.15) is 0 Å². The van der Waals surface area contributed by atoms with E-state index >= 15 is 0 Å². The monoisotopic (exact) mass is 465 g/mol. The van der Waals surface area contributed by atoms with E-state index in [4.69, 9.17) is 5.11 Å². The molecule has 1 unspecified atom stereocenters.